The Morgan fingerprint density at radius 2 is 1.78 bits per heavy atom. The summed E-state index contributed by atoms with van der Waals surface area (Å²) in [4.78, 5) is 12.3. The van der Waals surface area contributed by atoms with Crippen molar-refractivity contribution < 1.29 is 29.6 Å². The zero-order valence-corrected chi connectivity index (χ0v) is 15.8. The van der Waals surface area contributed by atoms with E-state index in [9.17, 15) is 20.1 Å². The molecule has 0 aliphatic carbocycles. The number of aromatic hydroxyl groups is 2. The number of rotatable bonds is 5. The maximum atomic E-state index is 12.3. The number of carboxylic acids is 1. The molecule has 4 N–H and O–H groups in total. The molecule has 1 heterocycles. The van der Waals surface area contributed by atoms with Crippen molar-refractivity contribution in [2.75, 3.05) is 20.8 Å². The number of fused-ring (bicyclic) bond motifs is 1. The lowest BCUT2D eigenvalue weighted by Crippen LogP contribution is -2.54. The van der Waals surface area contributed by atoms with Gasteiger partial charge in [0.1, 0.15) is 5.54 Å². The molecule has 3 rings (SSSR count). The minimum absolute atomic E-state index is 0. The van der Waals surface area contributed by atoms with Crippen molar-refractivity contribution in [3.8, 4) is 23.0 Å². The van der Waals surface area contributed by atoms with Crippen LogP contribution in [0.5, 0.6) is 23.0 Å². The lowest BCUT2D eigenvalue weighted by molar-refractivity contribution is -0.145. The second-order valence-electron chi connectivity index (χ2n) is 6.25. The fraction of sp³-hybridized carbons (Fsp3) is 0.316. The Bertz CT molecular complexity index is 856. The molecule has 1 aliphatic rings. The van der Waals surface area contributed by atoms with E-state index >= 15 is 0 Å². The van der Waals surface area contributed by atoms with E-state index in [2.05, 4.69) is 5.32 Å². The summed E-state index contributed by atoms with van der Waals surface area (Å²) in [7, 11) is 2.87. The smallest absolute Gasteiger partial charge is 0.328 e. The molecule has 146 valence electrons. The highest BCUT2D eigenvalue weighted by Gasteiger charge is 2.44. The van der Waals surface area contributed by atoms with Crippen molar-refractivity contribution in [2.45, 2.75) is 18.4 Å². The van der Waals surface area contributed by atoms with Crippen LogP contribution in [0.4, 0.5) is 0 Å². The Morgan fingerprint density at radius 1 is 1.11 bits per heavy atom. The van der Waals surface area contributed by atoms with Gasteiger partial charge in [0.05, 0.1) is 14.2 Å². The molecule has 0 bridgehead atoms. The monoisotopic (exact) mass is 395 g/mol. The van der Waals surface area contributed by atoms with Crippen LogP contribution >= 0.6 is 12.4 Å². The van der Waals surface area contributed by atoms with E-state index < -0.39 is 11.5 Å². The van der Waals surface area contributed by atoms with Crippen LogP contribution in [0.15, 0.2) is 30.3 Å². The normalized spacial score (nSPS) is 18.1. The first kappa shape index (κ1) is 20.7. The SMILES string of the molecule is COc1ccc(CC2(C(=O)O)NCCc3cc(O)c(OC)cc32)cc1O.Cl. The molecule has 1 unspecified atom stereocenters. The molecule has 0 saturated heterocycles. The van der Waals surface area contributed by atoms with Gasteiger partial charge in [-0.2, -0.15) is 0 Å². The number of hydrogen-bond acceptors (Lipinski definition) is 6. The van der Waals surface area contributed by atoms with Crippen molar-refractivity contribution in [1.82, 2.24) is 5.32 Å². The van der Waals surface area contributed by atoms with Gasteiger partial charge in [-0.05, 0) is 47.4 Å². The van der Waals surface area contributed by atoms with Crippen LogP contribution in [0.2, 0.25) is 0 Å². The third-order valence-corrected chi connectivity index (χ3v) is 4.76. The Kier molecular flexibility index (Phi) is 6.08. The highest BCUT2D eigenvalue weighted by Crippen LogP contribution is 2.39. The molecule has 0 saturated carbocycles. The lowest BCUT2D eigenvalue weighted by Gasteiger charge is -2.37. The Balaban J connectivity index is 0.00000261. The summed E-state index contributed by atoms with van der Waals surface area (Å²) >= 11 is 0. The minimum atomic E-state index is -1.39. The summed E-state index contributed by atoms with van der Waals surface area (Å²) in [5.41, 5.74) is 0.539. The minimum Gasteiger partial charge on any atom is -0.504 e. The highest BCUT2D eigenvalue weighted by molar-refractivity contribution is 5.85. The molecule has 7 nitrogen and oxygen atoms in total. The maximum absolute atomic E-state index is 12.3. The Morgan fingerprint density at radius 3 is 2.37 bits per heavy atom. The third kappa shape index (κ3) is 3.61. The number of halogens is 1. The number of nitrogens with one attached hydrogen (secondary N) is 1. The molecule has 1 aliphatic heterocycles. The fourth-order valence-corrected chi connectivity index (χ4v) is 3.46. The van der Waals surface area contributed by atoms with Gasteiger partial charge in [-0.1, -0.05) is 6.07 Å². The quantitative estimate of drug-likeness (QED) is 0.614. The average Bonchev–Trinajstić information content (AvgIpc) is 2.61. The van der Waals surface area contributed by atoms with Crippen LogP contribution in [0.3, 0.4) is 0 Å². The van der Waals surface area contributed by atoms with Crippen molar-refractivity contribution in [3.05, 3.63) is 47.0 Å². The Labute approximate surface area is 163 Å². The number of phenolic OH excluding ortho intramolecular Hbond substituents is 2. The number of phenols is 2. The molecular weight excluding hydrogens is 374 g/mol. The zero-order chi connectivity index (χ0) is 18.9. The first-order valence-corrected chi connectivity index (χ1v) is 8.16. The van der Waals surface area contributed by atoms with Gasteiger partial charge in [0.15, 0.2) is 23.0 Å². The predicted octanol–water partition coefficient (Wildman–Crippen LogP) is 2.21. The summed E-state index contributed by atoms with van der Waals surface area (Å²) in [5.74, 6) is -0.571. The van der Waals surface area contributed by atoms with Crippen LogP contribution in [0.1, 0.15) is 16.7 Å². The number of carboxylic acid groups (broad SMARTS) is 1. The molecular formula is C19H22ClNO6. The molecule has 0 spiro atoms. The van der Waals surface area contributed by atoms with E-state index in [-0.39, 0.29) is 36.1 Å². The van der Waals surface area contributed by atoms with Crippen LogP contribution < -0.4 is 14.8 Å². The number of carbonyl (C=O) groups is 1. The fourth-order valence-electron chi connectivity index (χ4n) is 3.46. The van der Waals surface area contributed by atoms with Gasteiger partial charge >= 0.3 is 5.97 Å². The maximum Gasteiger partial charge on any atom is 0.328 e. The summed E-state index contributed by atoms with van der Waals surface area (Å²) in [5, 5.41) is 33.2. The van der Waals surface area contributed by atoms with E-state index in [4.69, 9.17) is 9.47 Å². The zero-order valence-electron chi connectivity index (χ0n) is 15.0. The van der Waals surface area contributed by atoms with E-state index in [1.165, 1.54) is 20.3 Å². The lowest BCUT2D eigenvalue weighted by atomic mass is 9.78. The number of methoxy groups -OCH3 is 2. The van der Waals surface area contributed by atoms with Gasteiger partial charge in [0.25, 0.3) is 0 Å². The molecule has 1 atom stereocenters. The second kappa shape index (κ2) is 7.94. The van der Waals surface area contributed by atoms with Crippen LogP contribution in [0.25, 0.3) is 0 Å². The third-order valence-electron chi connectivity index (χ3n) is 4.76. The van der Waals surface area contributed by atoms with E-state index in [1.807, 2.05) is 0 Å². The number of aliphatic carboxylic acids is 1. The molecule has 0 aromatic heterocycles. The van der Waals surface area contributed by atoms with Gasteiger partial charge < -0.3 is 24.8 Å². The molecule has 0 fully saturated rings. The number of ether oxygens (including phenoxy) is 2. The van der Waals surface area contributed by atoms with Crippen LogP contribution in [0, 0.1) is 0 Å². The first-order valence-electron chi connectivity index (χ1n) is 8.16. The van der Waals surface area contributed by atoms with Crippen molar-refractivity contribution in [3.63, 3.8) is 0 Å². The van der Waals surface area contributed by atoms with Gasteiger partial charge in [-0.25, -0.2) is 4.79 Å². The average molecular weight is 396 g/mol. The standard InChI is InChI=1S/C19H21NO6.ClH/c1-25-16-4-3-11(7-14(16)21)10-19(18(23)24)13-9-17(26-2)15(22)8-12(13)5-6-20-19;/h3-4,7-9,20-22H,5-6,10H2,1-2H3,(H,23,24);1H. The summed E-state index contributed by atoms with van der Waals surface area (Å²) in [6.45, 7) is 0.452. The van der Waals surface area contributed by atoms with Gasteiger partial charge in [-0.3, -0.25) is 5.32 Å². The topological polar surface area (TPSA) is 108 Å². The van der Waals surface area contributed by atoms with Crippen LogP contribution in [-0.4, -0.2) is 42.1 Å². The number of hydrogen-bond donors (Lipinski definition) is 4. The highest BCUT2D eigenvalue weighted by atomic mass is 35.5. The predicted molar refractivity (Wildman–Crippen MR) is 101 cm³/mol. The van der Waals surface area contributed by atoms with Gasteiger partial charge in [0.2, 0.25) is 0 Å². The van der Waals surface area contributed by atoms with Crippen molar-refractivity contribution in [2.24, 2.45) is 0 Å². The summed E-state index contributed by atoms with van der Waals surface area (Å²) < 4.78 is 10.2. The van der Waals surface area contributed by atoms with Gasteiger partial charge in [-0.15, -0.1) is 12.4 Å². The molecule has 27 heavy (non-hydrogen) atoms. The van der Waals surface area contributed by atoms with Crippen molar-refractivity contribution >= 4 is 18.4 Å². The van der Waals surface area contributed by atoms with E-state index in [1.54, 1.807) is 24.3 Å². The Hall–Kier alpha value is -2.64. The largest absolute Gasteiger partial charge is 0.504 e. The van der Waals surface area contributed by atoms with Crippen LogP contribution in [-0.2, 0) is 23.2 Å². The molecule has 8 heteroatoms. The number of benzene rings is 2. The van der Waals surface area contributed by atoms with Crippen molar-refractivity contribution in [1.29, 1.82) is 0 Å². The van der Waals surface area contributed by atoms with E-state index in [0.29, 0.717) is 29.8 Å². The van der Waals surface area contributed by atoms with E-state index in [0.717, 1.165) is 5.56 Å². The molecule has 0 amide bonds. The first-order chi connectivity index (χ1) is 12.4. The second-order valence-corrected chi connectivity index (χ2v) is 6.25. The summed E-state index contributed by atoms with van der Waals surface area (Å²) in [6, 6.07) is 7.93. The summed E-state index contributed by atoms with van der Waals surface area (Å²) in [6.07, 6.45) is 0.705. The molecule has 2 aromatic carbocycles. The molecule has 2 aromatic rings. The van der Waals surface area contributed by atoms with Gasteiger partial charge in [0, 0.05) is 13.0 Å². The molecule has 0 radical (unpaired) electrons.